The molecule has 0 aliphatic carbocycles. The number of carboxylic acids is 1. The van der Waals surface area contributed by atoms with E-state index >= 15 is 0 Å². The second kappa shape index (κ2) is 11.3. The quantitative estimate of drug-likeness (QED) is 0.309. The van der Waals surface area contributed by atoms with E-state index in [1.807, 2.05) is 37.3 Å². The highest BCUT2D eigenvalue weighted by Gasteiger charge is 2.29. The molecular weight excluding hydrogens is 494 g/mol. The van der Waals surface area contributed by atoms with Gasteiger partial charge in [-0.25, -0.2) is 4.98 Å². The zero-order chi connectivity index (χ0) is 26.4. The minimum atomic E-state index is -4.12. The third-order valence-electron chi connectivity index (χ3n) is 5.65. The average molecular weight is 522 g/mol. The summed E-state index contributed by atoms with van der Waals surface area (Å²) in [7, 11) is -2.73. The number of rotatable bonds is 11. The number of benzene rings is 3. The summed E-state index contributed by atoms with van der Waals surface area (Å²) in [5, 5.41) is 9.39. The number of nitrogens with zero attached hydrogens (tertiary/aromatic N) is 3. The van der Waals surface area contributed by atoms with Crippen molar-refractivity contribution >= 4 is 21.9 Å². The zero-order valence-electron chi connectivity index (χ0n) is 20.4. The van der Waals surface area contributed by atoms with Gasteiger partial charge in [0.25, 0.3) is 0 Å². The van der Waals surface area contributed by atoms with Crippen molar-refractivity contribution in [3.63, 3.8) is 0 Å². The lowest BCUT2D eigenvalue weighted by Crippen LogP contribution is -2.44. The van der Waals surface area contributed by atoms with Gasteiger partial charge in [0, 0.05) is 19.2 Å². The van der Waals surface area contributed by atoms with Crippen LogP contribution in [0.25, 0.3) is 11.5 Å². The Kier molecular flexibility index (Phi) is 7.90. The number of anilines is 1. The van der Waals surface area contributed by atoms with E-state index in [9.17, 15) is 18.3 Å². The molecule has 10 heteroatoms. The average Bonchev–Trinajstić information content (AvgIpc) is 3.28. The van der Waals surface area contributed by atoms with Crippen molar-refractivity contribution in [2.75, 3.05) is 17.9 Å². The number of hydrogen-bond donors (Lipinski definition) is 1. The number of carboxylic acid groups (broad SMARTS) is 1. The lowest BCUT2D eigenvalue weighted by Gasteiger charge is -2.27. The minimum Gasteiger partial charge on any atom is -0.487 e. The van der Waals surface area contributed by atoms with Gasteiger partial charge in [-0.2, -0.15) is 12.7 Å². The van der Waals surface area contributed by atoms with Crippen molar-refractivity contribution in [3.05, 3.63) is 102 Å². The molecule has 0 atom stereocenters. The fraction of sp³-hybridized carbons (Fsp3) is 0.185. The number of ether oxygens (including phenoxy) is 1. The van der Waals surface area contributed by atoms with Crippen LogP contribution >= 0.6 is 0 Å². The van der Waals surface area contributed by atoms with E-state index in [4.69, 9.17) is 9.15 Å². The normalized spacial score (nSPS) is 11.4. The Hall–Kier alpha value is -4.15. The van der Waals surface area contributed by atoms with Gasteiger partial charge >= 0.3 is 16.2 Å². The molecule has 0 saturated carbocycles. The number of para-hydroxylation sites is 1. The fourth-order valence-corrected chi connectivity index (χ4v) is 4.99. The molecule has 0 fully saturated rings. The van der Waals surface area contributed by atoms with Crippen LogP contribution in [0.4, 0.5) is 5.69 Å². The van der Waals surface area contributed by atoms with Gasteiger partial charge in [0.2, 0.25) is 5.89 Å². The number of aryl methyl sites for hydroxylation is 1. The molecule has 0 aliphatic heterocycles. The first-order valence-electron chi connectivity index (χ1n) is 11.5. The summed E-state index contributed by atoms with van der Waals surface area (Å²) >= 11 is 0. The summed E-state index contributed by atoms with van der Waals surface area (Å²) in [5.74, 6) is 0.374. The van der Waals surface area contributed by atoms with Gasteiger partial charge in [0.1, 0.15) is 30.4 Å². The molecule has 1 aromatic heterocycles. The second-order valence-corrected chi connectivity index (χ2v) is 10.3. The topological polar surface area (TPSA) is 113 Å². The van der Waals surface area contributed by atoms with E-state index in [-0.39, 0.29) is 13.2 Å². The molecule has 4 rings (SSSR count). The van der Waals surface area contributed by atoms with Crippen LogP contribution in [0.15, 0.2) is 89.3 Å². The second-order valence-electron chi connectivity index (χ2n) is 8.30. The van der Waals surface area contributed by atoms with E-state index in [1.165, 1.54) is 7.05 Å². The van der Waals surface area contributed by atoms with Crippen LogP contribution in [0.3, 0.4) is 0 Å². The van der Waals surface area contributed by atoms with Crippen LogP contribution < -0.4 is 9.04 Å². The molecule has 1 N–H and O–H groups in total. The number of oxazole rings is 1. The first-order chi connectivity index (χ1) is 17.7. The lowest BCUT2D eigenvalue weighted by atomic mass is 10.2. The maximum atomic E-state index is 13.3. The molecule has 0 radical (unpaired) electrons. The third-order valence-corrected chi connectivity index (χ3v) is 7.46. The van der Waals surface area contributed by atoms with E-state index in [2.05, 4.69) is 4.98 Å². The number of aromatic nitrogens is 1. The summed E-state index contributed by atoms with van der Waals surface area (Å²) in [6, 6.07) is 24.9. The Morgan fingerprint density at radius 2 is 1.68 bits per heavy atom. The molecule has 192 valence electrons. The molecule has 0 bridgehead atoms. The Morgan fingerprint density at radius 3 is 2.35 bits per heavy atom. The van der Waals surface area contributed by atoms with Crippen LogP contribution in [-0.2, 0) is 28.2 Å². The fourth-order valence-electron chi connectivity index (χ4n) is 3.67. The molecule has 3 aromatic carbocycles. The van der Waals surface area contributed by atoms with Crippen LogP contribution in [0.2, 0.25) is 0 Å². The largest absolute Gasteiger partial charge is 0.487 e. The summed E-state index contributed by atoms with van der Waals surface area (Å²) < 4.78 is 40.2. The molecule has 4 aromatic rings. The lowest BCUT2D eigenvalue weighted by molar-refractivity contribution is -0.137. The van der Waals surface area contributed by atoms with Crippen LogP contribution in [0.1, 0.15) is 17.0 Å². The number of aliphatic carboxylic acids is 1. The van der Waals surface area contributed by atoms with Gasteiger partial charge < -0.3 is 14.3 Å². The smallest absolute Gasteiger partial charge is 0.318 e. The summed E-state index contributed by atoms with van der Waals surface area (Å²) in [6.07, 6.45) is 0. The number of hydrogen-bond acceptors (Lipinski definition) is 6. The maximum Gasteiger partial charge on any atom is 0.318 e. The molecule has 0 aliphatic rings. The summed E-state index contributed by atoms with van der Waals surface area (Å²) in [5.41, 5.74) is 2.50. The van der Waals surface area contributed by atoms with Crippen molar-refractivity contribution in [3.8, 4) is 17.2 Å². The third kappa shape index (κ3) is 6.35. The summed E-state index contributed by atoms with van der Waals surface area (Å²) in [6.45, 7) is 1.13. The Balaban J connectivity index is 1.49. The first-order valence-corrected chi connectivity index (χ1v) is 12.9. The van der Waals surface area contributed by atoms with Gasteiger partial charge in [0.05, 0.1) is 5.69 Å². The van der Waals surface area contributed by atoms with E-state index in [0.717, 1.165) is 14.2 Å². The first kappa shape index (κ1) is 25.9. The number of carbonyl (C=O) groups is 1. The monoisotopic (exact) mass is 521 g/mol. The van der Waals surface area contributed by atoms with E-state index in [1.54, 1.807) is 54.6 Å². The van der Waals surface area contributed by atoms with Gasteiger partial charge in [-0.3, -0.25) is 9.10 Å². The van der Waals surface area contributed by atoms with Gasteiger partial charge in [-0.1, -0.05) is 48.5 Å². The highest BCUT2D eigenvalue weighted by molar-refractivity contribution is 7.90. The predicted molar refractivity (Wildman–Crippen MR) is 139 cm³/mol. The molecule has 0 amide bonds. The van der Waals surface area contributed by atoms with Crippen molar-refractivity contribution < 1.29 is 27.5 Å². The molecule has 0 spiro atoms. The minimum absolute atomic E-state index is 0.149. The van der Waals surface area contributed by atoms with E-state index < -0.39 is 22.7 Å². The van der Waals surface area contributed by atoms with Gasteiger partial charge in [-0.15, -0.1) is 0 Å². The van der Waals surface area contributed by atoms with Crippen molar-refractivity contribution in [2.24, 2.45) is 0 Å². The van der Waals surface area contributed by atoms with Crippen LogP contribution in [-0.4, -0.2) is 42.4 Å². The highest BCUT2D eigenvalue weighted by Crippen LogP contribution is 2.24. The van der Waals surface area contributed by atoms with Crippen LogP contribution in [0.5, 0.6) is 5.75 Å². The maximum absolute atomic E-state index is 13.3. The molecule has 9 nitrogen and oxygen atoms in total. The van der Waals surface area contributed by atoms with E-state index in [0.29, 0.717) is 34.3 Å². The Morgan fingerprint density at radius 1 is 1.00 bits per heavy atom. The zero-order valence-corrected chi connectivity index (χ0v) is 21.3. The van der Waals surface area contributed by atoms with Crippen molar-refractivity contribution in [1.82, 2.24) is 9.29 Å². The van der Waals surface area contributed by atoms with Crippen LogP contribution in [0, 0.1) is 6.92 Å². The SMILES string of the molecule is Cc1oc(-c2ccccc2)nc1COc1cccc(CN(CC(=O)O)S(=O)(=O)N(C)c2ccccc2)c1. The highest BCUT2D eigenvalue weighted by atomic mass is 32.2. The Labute approximate surface area is 215 Å². The summed E-state index contributed by atoms with van der Waals surface area (Å²) in [4.78, 5) is 16.0. The molecule has 0 saturated heterocycles. The van der Waals surface area contributed by atoms with Gasteiger partial charge in [-0.05, 0) is 48.9 Å². The molecule has 0 unspecified atom stereocenters. The van der Waals surface area contributed by atoms with Crippen molar-refractivity contribution in [2.45, 2.75) is 20.1 Å². The molecule has 1 heterocycles. The standard InChI is InChI=1S/C27H27N3O6S/c1-20-25(28-27(36-20)22-11-5-3-6-12-22)19-35-24-15-9-10-21(16-24)17-30(18-26(31)32)37(33,34)29(2)23-13-7-4-8-14-23/h3-16H,17-19H2,1-2H3,(H,31,32). The van der Waals surface area contributed by atoms with Crippen molar-refractivity contribution in [1.29, 1.82) is 0 Å². The predicted octanol–water partition coefficient (Wildman–Crippen LogP) is 4.50. The Bertz CT molecular complexity index is 1460. The molecular formula is C27H27N3O6S. The van der Waals surface area contributed by atoms with Gasteiger partial charge in [0.15, 0.2) is 0 Å². The molecule has 37 heavy (non-hydrogen) atoms.